The van der Waals surface area contributed by atoms with E-state index < -0.39 is 0 Å². The number of aryl methyl sites for hydroxylation is 3. The van der Waals surface area contributed by atoms with Crippen LogP contribution in [0.1, 0.15) is 41.7 Å². The summed E-state index contributed by atoms with van der Waals surface area (Å²) >= 11 is 0. The molecule has 5 rings (SSSR count). The topological polar surface area (TPSA) is 87.1 Å². The van der Waals surface area contributed by atoms with Crippen molar-refractivity contribution >= 4 is 27.8 Å². The summed E-state index contributed by atoms with van der Waals surface area (Å²) < 4.78 is 11.7. The van der Waals surface area contributed by atoms with Crippen LogP contribution in [-0.2, 0) is 24.1 Å². The molecule has 7 heteroatoms. The van der Waals surface area contributed by atoms with Crippen molar-refractivity contribution in [2.45, 2.75) is 45.4 Å². The number of piperazine rings is 1. The zero-order valence-electron chi connectivity index (χ0n) is 18.6. The number of aliphatic hydroxyl groups is 1. The van der Waals surface area contributed by atoms with Crippen molar-refractivity contribution in [3.05, 3.63) is 45.0 Å². The standard InChI is InChI=1S/C25H30N2O5/c1-16-17(6-7-24(29)27-10-8-26(9-11-27)12-13-28)25(30)32-22-15-23-20(14-19(16)22)18-4-2-3-5-21(18)31-23/h14-15,28H,2-13H2,1H3. The molecule has 1 aliphatic carbocycles. The molecule has 170 valence electrons. The number of β-amino-alcohol motifs (C(OH)–C–C–N with tert-alkyl or cyclic N) is 1. The Morgan fingerprint density at radius 1 is 1.03 bits per heavy atom. The number of furan rings is 1. The van der Waals surface area contributed by atoms with Gasteiger partial charge < -0.3 is 18.8 Å². The number of nitrogens with zero attached hydrogens (tertiary/aromatic N) is 2. The highest BCUT2D eigenvalue weighted by Gasteiger charge is 2.23. The fourth-order valence-corrected chi connectivity index (χ4v) is 5.19. The Kier molecular flexibility index (Phi) is 5.78. The molecule has 7 nitrogen and oxygen atoms in total. The first-order valence-corrected chi connectivity index (χ1v) is 11.7. The van der Waals surface area contributed by atoms with E-state index in [1.807, 2.05) is 17.9 Å². The number of benzene rings is 1. The predicted molar refractivity (Wildman–Crippen MR) is 122 cm³/mol. The number of carbonyl (C=O) groups excluding carboxylic acids is 1. The van der Waals surface area contributed by atoms with Gasteiger partial charge in [0.15, 0.2) is 0 Å². The Bertz CT molecular complexity index is 1220. The fourth-order valence-electron chi connectivity index (χ4n) is 5.19. The van der Waals surface area contributed by atoms with Gasteiger partial charge in [0, 0.05) is 73.5 Å². The zero-order chi connectivity index (χ0) is 22.2. The summed E-state index contributed by atoms with van der Waals surface area (Å²) in [7, 11) is 0. The summed E-state index contributed by atoms with van der Waals surface area (Å²) in [6, 6.07) is 3.94. The molecule has 3 heterocycles. The molecule has 0 bridgehead atoms. The lowest BCUT2D eigenvalue weighted by Crippen LogP contribution is -2.49. The van der Waals surface area contributed by atoms with Crippen LogP contribution in [0.5, 0.6) is 0 Å². The van der Waals surface area contributed by atoms with E-state index in [0.29, 0.717) is 43.6 Å². The maximum atomic E-state index is 12.7. The van der Waals surface area contributed by atoms with Crippen molar-refractivity contribution in [3.8, 4) is 0 Å². The minimum atomic E-state index is -0.369. The summed E-state index contributed by atoms with van der Waals surface area (Å²) in [5, 5.41) is 11.1. The second kappa shape index (κ2) is 8.71. The smallest absolute Gasteiger partial charge is 0.339 e. The van der Waals surface area contributed by atoms with Gasteiger partial charge in [-0.05, 0) is 44.2 Å². The Hall–Kier alpha value is -2.64. The van der Waals surface area contributed by atoms with Crippen LogP contribution in [0.2, 0.25) is 0 Å². The SMILES string of the molecule is Cc1c(CCC(=O)N2CCN(CCO)CC2)c(=O)oc2cc3oc4c(c3cc12)CCCC4. The molecule has 1 amide bonds. The predicted octanol–water partition coefficient (Wildman–Crippen LogP) is 2.80. The van der Waals surface area contributed by atoms with Crippen molar-refractivity contribution in [1.82, 2.24) is 9.80 Å². The van der Waals surface area contributed by atoms with E-state index in [0.717, 1.165) is 60.0 Å². The number of amides is 1. The fraction of sp³-hybridized carbons (Fsp3) is 0.520. The van der Waals surface area contributed by atoms with Gasteiger partial charge in [-0.3, -0.25) is 9.69 Å². The van der Waals surface area contributed by atoms with Crippen LogP contribution in [0.15, 0.2) is 25.8 Å². The quantitative estimate of drug-likeness (QED) is 0.617. The molecule has 2 aliphatic rings. The highest BCUT2D eigenvalue weighted by atomic mass is 16.4. The Morgan fingerprint density at radius 2 is 1.78 bits per heavy atom. The van der Waals surface area contributed by atoms with Gasteiger partial charge in [-0.1, -0.05) is 0 Å². The van der Waals surface area contributed by atoms with Gasteiger partial charge in [0.1, 0.15) is 16.9 Å². The lowest BCUT2D eigenvalue weighted by Gasteiger charge is -2.34. The van der Waals surface area contributed by atoms with Gasteiger partial charge >= 0.3 is 5.63 Å². The lowest BCUT2D eigenvalue weighted by molar-refractivity contribution is -0.132. The number of hydrogen-bond donors (Lipinski definition) is 1. The van der Waals surface area contributed by atoms with E-state index in [1.165, 1.54) is 12.0 Å². The molecule has 1 aliphatic heterocycles. The molecule has 0 atom stereocenters. The number of aliphatic hydroxyl groups excluding tert-OH is 1. The minimum absolute atomic E-state index is 0.0619. The molecule has 0 radical (unpaired) electrons. The lowest BCUT2D eigenvalue weighted by atomic mass is 9.94. The van der Waals surface area contributed by atoms with Gasteiger partial charge in [-0.25, -0.2) is 4.79 Å². The average molecular weight is 439 g/mol. The van der Waals surface area contributed by atoms with Crippen LogP contribution in [-0.4, -0.2) is 60.1 Å². The third-order valence-corrected chi connectivity index (χ3v) is 7.09. The first kappa shape index (κ1) is 21.2. The first-order chi connectivity index (χ1) is 15.5. The molecule has 0 saturated carbocycles. The largest absolute Gasteiger partial charge is 0.461 e. The van der Waals surface area contributed by atoms with Gasteiger partial charge in [0.05, 0.1) is 6.61 Å². The van der Waals surface area contributed by atoms with Crippen LogP contribution in [0.25, 0.3) is 21.9 Å². The van der Waals surface area contributed by atoms with Gasteiger partial charge in [0.2, 0.25) is 5.91 Å². The van der Waals surface area contributed by atoms with Gasteiger partial charge in [-0.15, -0.1) is 0 Å². The molecule has 0 spiro atoms. The summed E-state index contributed by atoms with van der Waals surface area (Å²) in [6.07, 6.45) is 4.97. The number of rotatable bonds is 5. The van der Waals surface area contributed by atoms with Crippen molar-refractivity contribution in [3.63, 3.8) is 0 Å². The van der Waals surface area contributed by atoms with Crippen LogP contribution >= 0.6 is 0 Å². The third kappa shape index (κ3) is 3.84. The van der Waals surface area contributed by atoms with Crippen molar-refractivity contribution in [2.24, 2.45) is 0 Å². The summed E-state index contributed by atoms with van der Waals surface area (Å²) in [5.41, 5.74) is 3.73. The molecule has 1 saturated heterocycles. The van der Waals surface area contributed by atoms with Crippen LogP contribution in [0.3, 0.4) is 0 Å². The van der Waals surface area contributed by atoms with E-state index in [-0.39, 0.29) is 18.1 Å². The van der Waals surface area contributed by atoms with Gasteiger partial charge in [-0.2, -0.15) is 0 Å². The normalized spacial score (nSPS) is 17.2. The molecule has 3 aromatic rings. The molecule has 0 unspecified atom stereocenters. The molecule has 1 aromatic carbocycles. The second-order valence-corrected chi connectivity index (χ2v) is 8.99. The number of hydrogen-bond acceptors (Lipinski definition) is 6. The first-order valence-electron chi connectivity index (χ1n) is 11.7. The van der Waals surface area contributed by atoms with Crippen molar-refractivity contribution in [2.75, 3.05) is 39.3 Å². The van der Waals surface area contributed by atoms with Gasteiger partial charge in [0.25, 0.3) is 0 Å². The second-order valence-electron chi connectivity index (χ2n) is 8.99. The van der Waals surface area contributed by atoms with E-state index in [4.69, 9.17) is 13.9 Å². The minimum Gasteiger partial charge on any atom is -0.461 e. The van der Waals surface area contributed by atoms with Crippen molar-refractivity contribution in [1.29, 1.82) is 0 Å². The van der Waals surface area contributed by atoms with E-state index >= 15 is 0 Å². The van der Waals surface area contributed by atoms with Crippen molar-refractivity contribution < 1.29 is 18.7 Å². The monoisotopic (exact) mass is 438 g/mol. The Labute approximate surface area is 186 Å². The summed E-state index contributed by atoms with van der Waals surface area (Å²) in [6.45, 7) is 5.60. The number of carbonyl (C=O) groups is 1. The highest BCUT2D eigenvalue weighted by molar-refractivity contribution is 5.97. The highest BCUT2D eigenvalue weighted by Crippen LogP contribution is 2.35. The Balaban J connectivity index is 1.37. The molecular weight excluding hydrogens is 408 g/mol. The molecular formula is C25H30N2O5. The zero-order valence-corrected chi connectivity index (χ0v) is 18.6. The van der Waals surface area contributed by atoms with Crippen LogP contribution < -0.4 is 5.63 Å². The average Bonchev–Trinajstić information content (AvgIpc) is 3.16. The summed E-state index contributed by atoms with van der Waals surface area (Å²) in [5.74, 6) is 1.12. The molecule has 2 aromatic heterocycles. The molecule has 1 fully saturated rings. The van der Waals surface area contributed by atoms with Crippen LogP contribution in [0.4, 0.5) is 0 Å². The number of fused-ring (bicyclic) bond motifs is 4. The van der Waals surface area contributed by atoms with Crippen LogP contribution in [0, 0.1) is 6.92 Å². The van der Waals surface area contributed by atoms with E-state index in [9.17, 15) is 9.59 Å². The molecule has 32 heavy (non-hydrogen) atoms. The summed E-state index contributed by atoms with van der Waals surface area (Å²) in [4.78, 5) is 29.5. The maximum absolute atomic E-state index is 12.7. The van der Waals surface area contributed by atoms with E-state index in [2.05, 4.69) is 11.0 Å². The van der Waals surface area contributed by atoms with E-state index in [1.54, 1.807) is 0 Å². The maximum Gasteiger partial charge on any atom is 0.339 e. The Morgan fingerprint density at radius 3 is 2.56 bits per heavy atom. The molecule has 1 N–H and O–H groups in total. The third-order valence-electron chi connectivity index (χ3n) is 7.09.